The van der Waals surface area contributed by atoms with Crippen molar-refractivity contribution in [3.8, 4) is 0 Å². The van der Waals surface area contributed by atoms with Crippen molar-refractivity contribution in [1.82, 2.24) is 10.6 Å². The lowest BCUT2D eigenvalue weighted by atomic mass is 10.2. The first-order valence-corrected chi connectivity index (χ1v) is 5.29. The Hall–Kier alpha value is -0.800. The summed E-state index contributed by atoms with van der Waals surface area (Å²) in [5.74, 6) is 1.00. The molecule has 0 spiro atoms. The van der Waals surface area contributed by atoms with Gasteiger partial charge in [-0.2, -0.15) is 0 Å². The normalized spacial score (nSPS) is 13.0. The Morgan fingerprint density at radius 3 is 3.00 bits per heavy atom. The largest absolute Gasteiger partial charge is 0.468 e. The van der Waals surface area contributed by atoms with Gasteiger partial charge < -0.3 is 15.1 Å². The molecule has 1 aromatic heterocycles. The second-order valence-electron chi connectivity index (χ2n) is 3.50. The SMILES string of the molecule is CCNC(C)CCNCc1ccco1. The molecule has 0 aromatic carbocycles. The van der Waals surface area contributed by atoms with Crippen LogP contribution in [-0.2, 0) is 6.54 Å². The fourth-order valence-corrected chi connectivity index (χ4v) is 1.39. The Kier molecular flexibility index (Phi) is 5.33. The van der Waals surface area contributed by atoms with E-state index in [1.54, 1.807) is 6.26 Å². The van der Waals surface area contributed by atoms with Gasteiger partial charge in [0.25, 0.3) is 0 Å². The Morgan fingerprint density at radius 1 is 1.50 bits per heavy atom. The van der Waals surface area contributed by atoms with Crippen LogP contribution in [0.2, 0.25) is 0 Å². The highest BCUT2D eigenvalue weighted by molar-refractivity contribution is 4.97. The monoisotopic (exact) mass is 196 g/mol. The Morgan fingerprint density at radius 2 is 2.36 bits per heavy atom. The van der Waals surface area contributed by atoms with Crippen LogP contribution in [0, 0.1) is 0 Å². The standard InChI is InChI=1S/C11H20N2O/c1-3-13-10(2)6-7-12-9-11-5-4-8-14-11/h4-5,8,10,12-13H,3,6-7,9H2,1-2H3. The molecule has 3 heteroatoms. The van der Waals surface area contributed by atoms with Crippen molar-refractivity contribution < 1.29 is 4.42 Å². The van der Waals surface area contributed by atoms with Crippen LogP contribution in [0.15, 0.2) is 22.8 Å². The van der Waals surface area contributed by atoms with Gasteiger partial charge in [-0.05, 0) is 38.6 Å². The third-order valence-electron chi connectivity index (χ3n) is 2.19. The lowest BCUT2D eigenvalue weighted by Crippen LogP contribution is -2.29. The number of nitrogens with one attached hydrogen (secondary N) is 2. The molecule has 0 bridgehead atoms. The topological polar surface area (TPSA) is 37.2 Å². The van der Waals surface area contributed by atoms with Gasteiger partial charge in [-0.3, -0.25) is 0 Å². The van der Waals surface area contributed by atoms with E-state index in [-0.39, 0.29) is 0 Å². The molecule has 1 rings (SSSR count). The Bertz CT molecular complexity index is 221. The predicted octanol–water partition coefficient (Wildman–Crippen LogP) is 1.76. The van der Waals surface area contributed by atoms with E-state index in [9.17, 15) is 0 Å². The van der Waals surface area contributed by atoms with E-state index >= 15 is 0 Å². The third kappa shape index (κ3) is 4.44. The lowest BCUT2D eigenvalue weighted by Gasteiger charge is -2.11. The molecule has 0 amide bonds. The second-order valence-corrected chi connectivity index (χ2v) is 3.50. The van der Waals surface area contributed by atoms with Gasteiger partial charge in [0.2, 0.25) is 0 Å². The Labute approximate surface area is 85.9 Å². The summed E-state index contributed by atoms with van der Waals surface area (Å²) in [6.45, 7) is 7.23. The molecule has 14 heavy (non-hydrogen) atoms. The molecule has 0 saturated heterocycles. The van der Waals surface area contributed by atoms with Crippen LogP contribution in [0.25, 0.3) is 0 Å². The van der Waals surface area contributed by atoms with Crippen molar-refractivity contribution in [2.24, 2.45) is 0 Å². The molecule has 1 unspecified atom stereocenters. The van der Waals surface area contributed by atoms with Gasteiger partial charge in [-0.1, -0.05) is 6.92 Å². The molecule has 0 aliphatic heterocycles. The summed E-state index contributed by atoms with van der Waals surface area (Å²) in [6.07, 6.45) is 2.85. The van der Waals surface area contributed by atoms with Crippen molar-refractivity contribution >= 4 is 0 Å². The zero-order valence-electron chi connectivity index (χ0n) is 9.05. The number of hydrogen-bond donors (Lipinski definition) is 2. The maximum Gasteiger partial charge on any atom is 0.117 e. The highest BCUT2D eigenvalue weighted by atomic mass is 16.3. The zero-order valence-corrected chi connectivity index (χ0v) is 9.05. The first-order chi connectivity index (χ1) is 6.83. The highest BCUT2D eigenvalue weighted by Crippen LogP contribution is 1.98. The van der Waals surface area contributed by atoms with Crippen LogP contribution < -0.4 is 10.6 Å². The molecule has 0 aliphatic rings. The molecule has 0 saturated carbocycles. The van der Waals surface area contributed by atoms with Gasteiger partial charge in [-0.25, -0.2) is 0 Å². The summed E-state index contributed by atoms with van der Waals surface area (Å²) in [7, 11) is 0. The van der Waals surface area contributed by atoms with Gasteiger partial charge in [-0.15, -0.1) is 0 Å². The molecule has 1 atom stereocenters. The number of furan rings is 1. The molecule has 2 N–H and O–H groups in total. The minimum absolute atomic E-state index is 0.587. The minimum Gasteiger partial charge on any atom is -0.468 e. The number of hydrogen-bond acceptors (Lipinski definition) is 3. The summed E-state index contributed by atoms with van der Waals surface area (Å²) < 4.78 is 5.21. The molecule has 80 valence electrons. The lowest BCUT2D eigenvalue weighted by molar-refractivity contribution is 0.461. The van der Waals surface area contributed by atoms with E-state index in [2.05, 4.69) is 24.5 Å². The first kappa shape index (κ1) is 11.3. The summed E-state index contributed by atoms with van der Waals surface area (Å²) in [6, 6.07) is 4.49. The van der Waals surface area contributed by atoms with E-state index in [0.717, 1.165) is 31.8 Å². The molecule has 1 aromatic rings. The smallest absolute Gasteiger partial charge is 0.117 e. The van der Waals surface area contributed by atoms with E-state index in [1.807, 2.05) is 12.1 Å². The first-order valence-electron chi connectivity index (χ1n) is 5.29. The molecular formula is C11H20N2O. The highest BCUT2D eigenvalue weighted by Gasteiger charge is 1.99. The van der Waals surface area contributed by atoms with Gasteiger partial charge in [0.15, 0.2) is 0 Å². The van der Waals surface area contributed by atoms with Gasteiger partial charge in [0, 0.05) is 6.04 Å². The molecular weight excluding hydrogens is 176 g/mol. The minimum atomic E-state index is 0.587. The quantitative estimate of drug-likeness (QED) is 0.652. The molecule has 0 radical (unpaired) electrons. The van der Waals surface area contributed by atoms with Gasteiger partial charge in [0.05, 0.1) is 12.8 Å². The summed E-state index contributed by atoms with van der Waals surface area (Å²) in [5, 5.41) is 6.72. The van der Waals surface area contributed by atoms with Crippen LogP contribution in [-0.4, -0.2) is 19.1 Å². The van der Waals surface area contributed by atoms with Crippen LogP contribution in [0.3, 0.4) is 0 Å². The van der Waals surface area contributed by atoms with Gasteiger partial charge >= 0.3 is 0 Å². The van der Waals surface area contributed by atoms with Crippen molar-refractivity contribution in [3.63, 3.8) is 0 Å². The van der Waals surface area contributed by atoms with Crippen molar-refractivity contribution in [1.29, 1.82) is 0 Å². The van der Waals surface area contributed by atoms with Gasteiger partial charge in [0.1, 0.15) is 5.76 Å². The maximum absolute atomic E-state index is 5.21. The van der Waals surface area contributed by atoms with Crippen molar-refractivity contribution in [2.75, 3.05) is 13.1 Å². The van der Waals surface area contributed by atoms with E-state index < -0.39 is 0 Å². The summed E-state index contributed by atoms with van der Waals surface area (Å²) in [4.78, 5) is 0. The fraction of sp³-hybridized carbons (Fsp3) is 0.636. The predicted molar refractivity (Wildman–Crippen MR) is 58.2 cm³/mol. The average molecular weight is 196 g/mol. The second kappa shape index (κ2) is 6.62. The molecule has 0 fully saturated rings. The van der Waals surface area contributed by atoms with Crippen LogP contribution in [0.4, 0.5) is 0 Å². The Balaban J connectivity index is 1.99. The maximum atomic E-state index is 5.21. The molecule has 1 heterocycles. The third-order valence-corrected chi connectivity index (χ3v) is 2.19. The zero-order chi connectivity index (χ0) is 10.2. The number of rotatable bonds is 7. The van der Waals surface area contributed by atoms with Crippen molar-refractivity contribution in [3.05, 3.63) is 24.2 Å². The summed E-state index contributed by atoms with van der Waals surface area (Å²) >= 11 is 0. The van der Waals surface area contributed by atoms with Crippen LogP contribution in [0.5, 0.6) is 0 Å². The molecule has 3 nitrogen and oxygen atoms in total. The van der Waals surface area contributed by atoms with E-state index in [4.69, 9.17) is 4.42 Å². The van der Waals surface area contributed by atoms with Crippen LogP contribution >= 0.6 is 0 Å². The van der Waals surface area contributed by atoms with Crippen molar-refractivity contribution in [2.45, 2.75) is 32.9 Å². The van der Waals surface area contributed by atoms with E-state index in [1.165, 1.54) is 0 Å². The molecule has 0 aliphatic carbocycles. The average Bonchev–Trinajstić information content (AvgIpc) is 2.65. The van der Waals surface area contributed by atoms with E-state index in [0.29, 0.717) is 6.04 Å². The van der Waals surface area contributed by atoms with Crippen LogP contribution in [0.1, 0.15) is 26.0 Å². The fourth-order valence-electron chi connectivity index (χ4n) is 1.39. The summed E-state index contributed by atoms with van der Waals surface area (Å²) in [5.41, 5.74) is 0.